The number of amides is 2. The van der Waals surface area contributed by atoms with E-state index in [9.17, 15) is 9.59 Å². The first-order valence-electron chi connectivity index (χ1n) is 20.5. The average Bonchev–Trinajstić information content (AvgIpc) is 4.19. The van der Waals surface area contributed by atoms with Gasteiger partial charge in [0.15, 0.2) is 11.6 Å². The highest BCUT2D eigenvalue weighted by Crippen LogP contribution is 2.33. The minimum atomic E-state index is -0.147. The van der Waals surface area contributed by atoms with Crippen molar-refractivity contribution in [3.05, 3.63) is 161 Å². The number of nitrogens with zero attached hydrogens (tertiary/aromatic N) is 6. The molecule has 6 aromatic heterocycles. The molecule has 18 heteroatoms. The van der Waals surface area contributed by atoms with Gasteiger partial charge in [-0.25, -0.2) is 9.97 Å². The molecular formula is C48H40Cl2N10O2S4. The Labute approximate surface area is 405 Å². The van der Waals surface area contributed by atoms with E-state index in [-0.39, 0.29) is 11.8 Å². The number of aromatic amines is 1. The zero-order valence-electron chi connectivity index (χ0n) is 35.8. The highest BCUT2D eigenvalue weighted by atomic mass is 35.5. The third kappa shape index (κ3) is 10.0. The van der Waals surface area contributed by atoms with Crippen molar-refractivity contribution in [1.82, 2.24) is 29.9 Å². The summed E-state index contributed by atoms with van der Waals surface area (Å²) in [5.74, 6) is 1.36. The van der Waals surface area contributed by atoms with E-state index >= 15 is 0 Å². The Morgan fingerprint density at radius 1 is 0.697 bits per heavy atom. The Kier molecular flexibility index (Phi) is 13.3. The number of hydrogen-bond acceptors (Lipinski definition) is 12. The minimum Gasteiger partial charge on any atom is -0.362 e. The van der Waals surface area contributed by atoms with E-state index in [0.29, 0.717) is 38.6 Å². The van der Waals surface area contributed by atoms with Gasteiger partial charge in [-0.1, -0.05) is 47.5 Å². The van der Waals surface area contributed by atoms with Crippen LogP contribution in [-0.2, 0) is 20.1 Å². The first-order valence-corrected chi connectivity index (χ1v) is 24.6. The van der Waals surface area contributed by atoms with E-state index in [0.717, 1.165) is 71.4 Å². The number of anilines is 4. The van der Waals surface area contributed by atoms with Crippen molar-refractivity contribution >= 4 is 125 Å². The lowest BCUT2D eigenvalue weighted by atomic mass is 10.2. The standard InChI is InChI=1S/C25H22ClN5OS2.C23H18ClN5OS2/c1-15-20(27-14-33-15)13-30(2)24-19-9-8-18(12-21(19)31(3)29-24)28-25(32)23-11-10-22(34-23)16-4-6-17(26)7-5-16;1-13-19(26-12-31-13)11-25-22-17-7-6-16(10-18(17)28-29-22)27-23(30)21-9-8-20(32-21)14-2-4-15(24)5-3-14/h4-12,14H,13H2,1-3H3,(H,28,32);2-10,12H,11H2,1H3,(H,27,30)(H2,25,28,29). The summed E-state index contributed by atoms with van der Waals surface area (Å²) >= 11 is 18.1. The Morgan fingerprint density at radius 2 is 1.24 bits per heavy atom. The smallest absolute Gasteiger partial charge is 0.265 e. The van der Waals surface area contributed by atoms with E-state index in [1.807, 2.05) is 139 Å². The summed E-state index contributed by atoms with van der Waals surface area (Å²) in [6, 6.07) is 34.4. The summed E-state index contributed by atoms with van der Waals surface area (Å²) in [6.07, 6.45) is 0. The number of fused-ring (bicyclic) bond motifs is 2. The molecule has 2 amide bonds. The molecule has 332 valence electrons. The first-order chi connectivity index (χ1) is 31.9. The number of carbonyl (C=O) groups is 2. The van der Waals surface area contributed by atoms with Gasteiger partial charge in [0, 0.05) is 65.8 Å². The molecule has 0 spiro atoms. The van der Waals surface area contributed by atoms with Gasteiger partial charge in [-0.05, 0) is 110 Å². The third-order valence-corrected chi connectivity index (χ3v) is 15.1. The van der Waals surface area contributed by atoms with Crippen molar-refractivity contribution in [1.29, 1.82) is 0 Å². The fraction of sp³-hybridized carbons (Fsp3) is 0.125. The summed E-state index contributed by atoms with van der Waals surface area (Å²) in [5, 5.41) is 24.8. The molecular weight excluding hydrogens is 948 g/mol. The Morgan fingerprint density at radius 3 is 1.80 bits per heavy atom. The Bertz CT molecular complexity index is 3330. The lowest BCUT2D eigenvalue weighted by molar-refractivity contribution is 0.102. The lowest BCUT2D eigenvalue weighted by Gasteiger charge is -2.16. The van der Waals surface area contributed by atoms with Crippen molar-refractivity contribution in [2.45, 2.75) is 26.9 Å². The molecule has 4 N–H and O–H groups in total. The second-order valence-corrected chi connectivity index (χ2v) is 20.3. The summed E-state index contributed by atoms with van der Waals surface area (Å²) in [6.45, 7) is 5.44. The zero-order valence-corrected chi connectivity index (χ0v) is 40.6. The molecule has 0 aliphatic rings. The number of rotatable bonds is 12. The number of hydrogen-bond donors (Lipinski definition) is 4. The number of thiazole rings is 2. The first kappa shape index (κ1) is 44.8. The van der Waals surface area contributed by atoms with Crippen LogP contribution >= 0.6 is 68.5 Å². The second kappa shape index (κ2) is 19.6. The molecule has 10 aromatic rings. The predicted molar refractivity (Wildman–Crippen MR) is 275 cm³/mol. The van der Waals surface area contributed by atoms with Crippen molar-refractivity contribution in [3.8, 4) is 20.9 Å². The second-order valence-electron chi connectivity index (χ2n) is 15.2. The van der Waals surface area contributed by atoms with Gasteiger partial charge in [0.2, 0.25) is 0 Å². The molecule has 4 aromatic carbocycles. The van der Waals surface area contributed by atoms with Crippen LogP contribution < -0.4 is 20.9 Å². The lowest BCUT2D eigenvalue weighted by Crippen LogP contribution is -2.18. The quantitative estimate of drug-likeness (QED) is 0.0947. The molecule has 0 radical (unpaired) electrons. The van der Waals surface area contributed by atoms with Crippen LogP contribution in [0, 0.1) is 13.8 Å². The largest absolute Gasteiger partial charge is 0.362 e. The van der Waals surface area contributed by atoms with Crippen molar-refractivity contribution in [2.75, 3.05) is 27.9 Å². The van der Waals surface area contributed by atoms with Crippen LogP contribution in [0.5, 0.6) is 0 Å². The van der Waals surface area contributed by atoms with Crippen LogP contribution in [0.3, 0.4) is 0 Å². The number of thiophene rings is 2. The Hall–Kier alpha value is -6.40. The SMILES string of the molecule is Cc1scnc1CN(C)c1nn(C)c2cc(NC(=O)c3ccc(-c4ccc(Cl)cc4)s3)ccc12.Cc1scnc1CNc1n[nH]c2cc(NC(=O)c3ccc(-c4ccc(Cl)cc4)s3)ccc12. The predicted octanol–water partition coefficient (Wildman–Crippen LogP) is 13.2. The molecule has 0 saturated heterocycles. The van der Waals surface area contributed by atoms with Gasteiger partial charge in [-0.15, -0.1) is 45.3 Å². The maximum absolute atomic E-state index is 12.9. The summed E-state index contributed by atoms with van der Waals surface area (Å²) in [5.41, 5.74) is 11.1. The molecule has 0 unspecified atom stereocenters. The van der Waals surface area contributed by atoms with Gasteiger partial charge in [-0.3, -0.25) is 19.4 Å². The molecule has 66 heavy (non-hydrogen) atoms. The number of nitrogens with one attached hydrogen (secondary N) is 4. The number of aromatic nitrogens is 6. The van der Waals surface area contributed by atoms with Crippen LogP contribution in [-0.4, -0.2) is 48.8 Å². The third-order valence-electron chi connectivity index (χ3n) is 10.7. The average molecular weight is 988 g/mol. The summed E-state index contributed by atoms with van der Waals surface area (Å²) in [4.78, 5) is 42.3. The number of H-pyrrole nitrogens is 1. The number of benzene rings is 4. The van der Waals surface area contributed by atoms with Crippen molar-refractivity contribution < 1.29 is 9.59 Å². The maximum atomic E-state index is 12.9. The number of halogens is 2. The monoisotopic (exact) mass is 986 g/mol. The minimum absolute atomic E-state index is 0.136. The highest BCUT2D eigenvalue weighted by Gasteiger charge is 2.18. The molecule has 0 fully saturated rings. The molecule has 0 aliphatic heterocycles. The van der Waals surface area contributed by atoms with Gasteiger partial charge in [0.1, 0.15) is 0 Å². The number of carbonyl (C=O) groups excluding carboxylic acids is 2. The molecule has 0 saturated carbocycles. The van der Waals surface area contributed by atoms with Crippen molar-refractivity contribution in [2.24, 2.45) is 7.05 Å². The fourth-order valence-corrected chi connectivity index (χ4v) is 10.4. The maximum Gasteiger partial charge on any atom is 0.265 e. The summed E-state index contributed by atoms with van der Waals surface area (Å²) < 4.78 is 1.84. The van der Waals surface area contributed by atoms with Gasteiger partial charge >= 0.3 is 0 Å². The molecule has 0 atom stereocenters. The molecule has 12 nitrogen and oxygen atoms in total. The molecule has 10 rings (SSSR count). The van der Waals surface area contributed by atoms with Crippen LogP contribution in [0.25, 0.3) is 42.7 Å². The zero-order chi connectivity index (χ0) is 45.9. The van der Waals surface area contributed by atoms with E-state index < -0.39 is 0 Å². The molecule has 0 bridgehead atoms. The number of aryl methyl sites for hydroxylation is 3. The normalized spacial score (nSPS) is 11.1. The highest BCUT2D eigenvalue weighted by molar-refractivity contribution is 7.17. The van der Waals surface area contributed by atoms with Gasteiger partial charge in [-0.2, -0.15) is 10.2 Å². The van der Waals surface area contributed by atoms with Crippen LogP contribution in [0.15, 0.2) is 120 Å². The fourth-order valence-electron chi connectivity index (χ4n) is 7.12. The van der Waals surface area contributed by atoms with Gasteiger partial charge < -0.3 is 20.9 Å². The summed E-state index contributed by atoms with van der Waals surface area (Å²) in [7, 11) is 3.93. The van der Waals surface area contributed by atoms with E-state index in [1.165, 1.54) is 32.4 Å². The van der Waals surface area contributed by atoms with E-state index in [1.54, 1.807) is 22.7 Å². The van der Waals surface area contributed by atoms with Crippen LogP contribution in [0.2, 0.25) is 10.0 Å². The molecule has 0 aliphatic carbocycles. The van der Waals surface area contributed by atoms with Crippen LogP contribution in [0.1, 0.15) is 40.5 Å². The van der Waals surface area contributed by atoms with Gasteiger partial charge in [0.25, 0.3) is 11.8 Å². The Balaban J connectivity index is 0.000000166. The van der Waals surface area contributed by atoms with Crippen molar-refractivity contribution in [3.63, 3.8) is 0 Å². The molecule has 6 heterocycles. The van der Waals surface area contributed by atoms with Gasteiger partial charge in [0.05, 0.1) is 56.3 Å². The van der Waals surface area contributed by atoms with E-state index in [2.05, 4.69) is 54.9 Å². The topological polar surface area (TPSA) is 146 Å². The van der Waals surface area contributed by atoms with Crippen LogP contribution in [0.4, 0.5) is 23.0 Å². The van der Waals surface area contributed by atoms with E-state index in [4.69, 9.17) is 28.3 Å².